The normalized spacial score (nSPS) is 14.3. The number of aromatic nitrogens is 1. The number of hydrogen-bond donors (Lipinski definition) is 2. The van der Waals surface area contributed by atoms with E-state index in [2.05, 4.69) is 11.1 Å². The van der Waals surface area contributed by atoms with Crippen molar-refractivity contribution in [2.45, 2.75) is 0 Å². The molecule has 3 heteroatoms. The molecule has 2 aromatic rings. The summed E-state index contributed by atoms with van der Waals surface area (Å²) in [5.74, 6) is 0. The first-order valence-electron chi connectivity index (χ1n) is 6.33. The molecule has 20 heavy (non-hydrogen) atoms. The molecule has 0 bridgehead atoms. The molecule has 0 aliphatic heterocycles. The summed E-state index contributed by atoms with van der Waals surface area (Å²) in [5, 5.41) is 15.3. The zero-order chi connectivity index (χ0) is 13.9. The highest BCUT2D eigenvalue weighted by atomic mass is 14.7. The molecule has 3 nitrogen and oxygen atoms in total. The van der Waals surface area contributed by atoms with Crippen molar-refractivity contribution in [3.63, 3.8) is 0 Å². The maximum absolute atomic E-state index is 7.73. The summed E-state index contributed by atoms with van der Waals surface area (Å²) in [6, 6.07) is 13.9. The van der Waals surface area contributed by atoms with Crippen LogP contribution in [-0.2, 0) is 0 Å². The Labute approximate surface area is 117 Å². The van der Waals surface area contributed by atoms with Gasteiger partial charge < -0.3 is 0 Å². The van der Waals surface area contributed by atoms with Gasteiger partial charge in [-0.25, -0.2) is 0 Å². The Morgan fingerprint density at radius 2 is 1.65 bits per heavy atom. The van der Waals surface area contributed by atoms with Gasteiger partial charge in [-0.15, -0.1) is 0 Å². The minimum atomic E-state index is 0.241. The standard InChI is InChI=1S/C17H13N3/c18-15-8-7-13(11-16(15)19)12-4-3-5-14(10-12)17-6-1-2-9-20-17/h1-11,18-19H. The van der Waals surface area contributed by atoms with Crippen molar-refractivity contribution in [1.82, 2.24) is 4.98 Å². The van der Waals surface area contributed by atoms with E-state index in [9.17, 15) is 0 Å². The summed E-state index contributed by atoms with van der Waals surface area (Å²) in [6.45, 7) is 0. The highest BCUT2D eigenvalue weighted by molar-refractivity contribution is 6.50. The second-order valence-electron chi connectivity index (χ2n) is 4.56. The first-order chi connectivity index (χ1) is 9.74. The first kappa shape index (κ1) is 12.2. The topological polar surface area (TPSA) is 60.6 Å². The van der Waals surface area contributed by atoms with E-state index in [1.54, 1.807) is 18.3 Å². The molecule has 0 amide bonds. The van der Waals surface area contributed by atoms with Gasteiger partial charge in [-0.2, -0.15) is 0 Å². The van der Waals surface area contributed by atoms with Gasteiger partial charge in [0.2, 0.25) is 0 Å². The number of benzene rings is 1. The van der Waals surface area contributed by atoms with E-state index in [1.807, 2.05) is 42.5 Å². The Morgan fingerprint density at radius 1 is 0.800 bits per heavy atom. The van der Waals surface area contributed by atoms with Crippen molar-refractivity contribution in [2.24, 2.45) is 0 Å². The van der Waals surface area contributed by atoms with Crippen molar-refractivity contribution in [2.75, 3.05) is 0 Å². The molecule has 0 radical (unpaired) electrons. The number of rotatable bonds is 2. The maximum Gasteiger partial charge on any atom is 0.0795 e. The molecule has 0 saturated carbocycles. The number of nitrogens with one attached hydrogen (secondary N) is 2. The van der Waals surface area contributed by atoms with Gasteiger partial charge in [-0.1, -0.05) is 30.3 Å². The largest absolute Gasteiger partial charge is 0.299 e. The molecule has 0 unspecified atom stereocenters. The van der Waals surface area contributed by atoms with Crippen LogP contribution in [0.4, 0.5) is 0 Å². The summed E-state index contributed by atoms with van der Waals surface area (Å²) in [5.41, 5.74) is 4.44. The highest BCUT2D eigenvalue weighted by Gasteiger charge is 2.09. The van der Waals surface area contributed by atoms with Crippen LogP contribution in [0.25, 0.3) is 16.8 Å². The number of hydrogen-bond acceptors (Lipinski definition) is 3. The number of nitrogens with zero attached hydrogens (tertiary/aromatic N) is 1. The molecule has 0 fully saturated rings. The second-order valence-corrected chi connectivity index (χ2v) is 4.56. The van der Waals surface area contributed by atoms with Crippen molar-refractivity contribution in [1.29, 1.82) is 10.8 Å². The fraction of sp³-hybridized carbons (Fsp3) is 0. The summed E-state index contributed by atoms with van der Waals surface area (Å²) in [4.78, 5) is 4.35. The fourth-order valence-electron chi connectivity index (χ4n) is 2.12. The van der Waals surface area contributed by atoms with Crippen LogP contribution in [0.15, 0.2) is 66.9 Å². The third-order valence-electron chi connectivity index (χ3n) is 3.18. The lowest BCUT2D eigenvalue weighted by atomic mass is 9.96. The van der Waals surface area contributed by atoms with Crippen LogP contribution in [0.5, 0.6) is 0 Å². The lowest BCUT2D eigenvalue weighted by Crippen LogP contribution is -2.09. The third kappa shape index (κ3) is 2.34. The predicted molar refractivity (Wildman–Crippen MR) is 82.2 cm³/mol. The third-order valence-corrected chi connectivity index (χ3v) is 3.18. The summed E-state index contributed by atoms with van der Waals surface area (Å²) in [7, 11) is 0. The zero-order valence-electron chi connectivity index (χ0n) is 10.8. The number of allylic oxidation sites excluding steroid dienone is 4. The predicted octanol–water partition coefficient (Wildman–Crippen LogP) is 3.74. The van der Waals surface area contributed by atoms with E-state index in [-0.39, 0.29) is 11.4 Å². The monoisotopic (exact) mass is 259 g/mol. The van der Waals surface area contributed by atoms with E-state index in [0.717, 1.165) is 22.4 Å². The molecule has 96 valence electrons. The smallest absolute Gasteiger partial charge is 0.0795 e. The van der Waals surface area contributed by atoms with Gasteiger partial charge in [0.05, 0.1) is 17.1 Å². The quantitative estimate of drug-likeness (QED) is 0.793. The van der Waals surface area contributed by atoms with Gasteiger partial charge in [0.1, 0.15) is 0 Å². The Balaban J connectivity index is 2.01. The first-order valence-corrected chi connectivity index (χ1v) is 6.33. The van der Waals surface area contributed by atoms with Gasteiger partial charge >= 0.3 is 0 Å². The van der Waals surface area contributed by atoms with Crippen LogP contribution in [-0.4, -0.2) is 16.4 Å². The van der Waals surface area contributed by atoms with Crippen LogP contribution < -0.4 is 0 Å². The molecule has 2 N–H and O–H groups in total. The van der Waals surface area contributed by atoms with Crippen LogP contribution in [0.3, 0.4) is 0 Å². The van der Waals surface area contributed by atoms with Gasteiger partial charge in [0.25, 0.3) is 0 Å². The fourth-order valence-corrected chi connectivity index (χ4v) is 2.12. The highest BCUT2D eigenvalue weighted by Crippen LogP contribution is 2.24. The maximum atomic E-state index is 7.73. The van der Waals surface area contributed by atoms with E-state index < -0.39 is 0 Å². The van der Waals surface area contributed by atoms with E-state index in [1.165, 1.54) is 0 Å². The van der Waals surface area contributed by atoms with Crippen LogP contribution in [0, 0.1) is 10.8 Å². The van der Waals surface area contributed by atoms with Gasteiger partial charge in [-0.3, -0.25) is 15.8 Å². The minimum Gasteiger partial charge on any atom is -0.299 e. The number of pyridine rings is 1. The lowest BCUT2D eigenvalue weighted by Gasteiger charge is -2.10. The molecule has 1 heterocycles. The second kappa shape index (κ2) is 5.05. The molecule has 1 aromatic carbocycles. The van der Waals surface area contributed by atoms with E-state index >= 15 is 0 Å². The molecule has 1 aliphatic rings. The molecule has 0 spiro atoms. The van der Waals surface area contributed by atoms with E-state index in [4.69, 9.17) is 10.8 Å². The van der Waals surface area contributed by atoms with Crippen LogP contribution in [0.1, 0.15) is 5.56 Å². The molecule has 0 saturated heterocycles. The molecule has 1 aliphatic carbocycles. The van der Waals surface area contributed by atoms with Gasteiger partial charge in [0, 0.05) is 11.8 Å². The Kier molecular flexibility index (Phi) is 3.09. The SMILES string of the molecule is N=C1C=CC(c2cccc(-c3ccccn3)c2)=CC1=N. The Hall–Kier alpha value is -2.81. The summed E-state index contributed by atoms with van der Waals surface area (Å²) < 4.78 is 0. The lowest BCUT2D eigenvalue weighted by molar-refractivity contribution is 1.32. The Bertz CT molecular complexity index is 740. The molecule has 3 rings (SSSR count). The van der Waals surface area contributed by atoms with Crippen molar-refractivity contribution >= 4 is 17.0 Å². The molecule has 1 aromatic heterocycles. The van der Waals surface area contributed by atoms with E-state index in [0.29, 0.717) is 0 Å². The van der Waals surface area contributed by atoms with Crippen molar-refractivity contribution in [3.8, 4) is 11.3 Å². The van der Waals surface area contributed by atoms with Crippen LogP contribution in [0.2, 0.25) is 0 Å². The molecular formula is C17H13N3. The summed E-state index contributed by atoms with van der Waals surface area (Å²) >= 11 is 0. The average Bonchev–Trinajstić information content (AvgIpc) is 2.51. The zero-order valence-corrected chi connectivity index (χ0v) is 10.8. The molecule has 0 atom stereocenters. The average molecular weight is 259 g/mol. The van der Waals surface area contributed by atoms with Crippen LogP contribution >= 0.6 is 0 Å². The molecular weight excluding hydrogens is 246 g/mol. The van der Waals surface area contributed by atoms with Crippen molar-refractivity contribution in [3.05, 3.63) is 72.5 Å². The van der Waals surface area contributed by atoms with Gasteiger partial charge in [-0.05, 0) is 41.5 Å². The van der Waals surface area contributed by atoms with Crippen molar-refractivity contribution < 1.29 is 0 Å². The van der Waals surface area contributed by atoms with Gasteiger partial charge in [0.15, 0.2) is 0 Å². The minimum absolute atomic E-state index is 0.241. The summed E-state index contributed by atoms with van der Waals surface area (Å²) in [6.07, 6.45) is 7.03. The Morgan fingerprint density at radius 3 is 2.40 bits per heavy atom.